The molecule has 26 heavy (non-hydrogen) atoms. The van der Waals surface area contributed by atoms with E-state index >= 15 is 0 Å². The number of aromatic carboxylic acids is 1. The van der Waals surface area contributed by atoms with Gasteiger partial charge in [0, 0.05) is 0 Å². The molecule has 0 atom stereocenters. The Hall–Kier alpha value is -2.42. The molecule has 1 aliphatic carbocycles. The fraction of sp³-hybridized carbons (Fsp3) is 0.348. The highest BCUT2D eigenvalue weighted by molar-refractivity contribution is 5.89. The van der Waals surface area contributed by atoms with E-state index in [1.165, 1.54) is 23.3 Å². The van der Waals surface area contributed by atoms with Crippen molar-refractivity contribution in [1.82, 2.24) is 0 Å². The van der Waals surface area contributed by atoms with Crippen molar-refractivity contribution in [3.05, 3.63) is 76.6 Å². The standard InChI is InChI=1S/C23H25FO2/c1-14(16-6-8-17(21(25)26)20(24)13-16)15-7-9-18-19(12-15)23(4,5)11-10-22(18,2)3/h6-9,12-13H,1,10-11H2,2-5H3,(H,25,26). The van der Waals surface area contributed by atoms with Gasteiger partial charge in [-0.1, -0.05) is 58.5 Å². The number of carboxylic acids is 1. The van der Waals surface area contributed by atoms with Crippen LogP contribution in [0.25, 0.3) is 5.57 Å². The third-order valence-electron chi connectivity index (χ3n) is 5.75. The Morgan fingerprint density at radius 1 is 0.962 bits per heavy atom. The maximum Gasteiger partial charge on any atom is 0.338 e. The quantitative estimate of drug-likeness (QED) is 0.743. The smallest absolute Gasteiger partial charge is 0.338 e. The minimum absolute atomic E-state index is 0.0829. The van der Waals surface area contributed by atoms with Crippen LogP contribution in [0.3, 0.4) is 0 Å². The Kier molecular flexibility index (Phi) is 4.30. The zero-order chi connectivity index (χ0) is 19.3. The summed E-state index contributed by atoms with van der Waals surface area (Å²) >= 11 is 0. The molecule has 0 fully saturated rings. The van der Waals surface area contributed by atoms with Gasteiger partial charge in [-0.2, -0.15) is 0 Å². The van der Waals surface area contributed by atoms with Crippen molar-refractivity contribution in [3.8, 4) is 0 Å². The van der Waals surface area contributed by atoms with Gasteiger partial charge in [0.05, 0.1) is 5.56 Å². The van der Waals surface area contributed by atoms with Crippen molar-refractivity contribution in [1.29, 1.82) is 0 Å². The zero-order valence-electron chi connectivity index (χ0n) is 15.8. The molecule has 0 unspecified atom stereocenters. The number of benzene rings is 2. The first-order chi connectivity index (χ1) is 12.0. The van der Waals surface area contributed by atoms with E-state index in [4.69, 9.17) is 5.11 Å². The molecular formula is C23H25FO2. The normalized spacial score (nSPS) is 17.4. The number of fused-ring (bicyclic) bond motifs is 1. The fourth-order valence-corrected chi connectivity index (χ4v) is 3.82. The molecule has 0 heterocycles. The average Bonchev–Trinajstić information content (AvgIpc) is 2.57. The van der Waals surface area contributed by atoms with Crippen LogP contribution < -0.4 is 0 Å². The summed E-state index contributed by atoms with van der Waals surface area (Å²) in [5.41, 5.74) is 4.81. The predicted molar refractivity (Wildman–Crippen MR) is 103 cm³/mol. The van der Waals surface area contributed by atoms with E-state index in [9.17, 15) is 9.18 Å². The lowest BCUT2D eigenvalue weighted by Gasteiger charge is -2.42. The van der Waals surface area contributed by atoms with E-state index in [2.05, 4.69) is 46.4 Å². The topological polar surface area (TPSA) is 37.3 Å². The summed E-state index contributed by atoms with van der Waals surface area (Å²) in [5, 5.41) is 8.99. The van der Waals surface area contributed by atoms with E-state index in [1.54, 1.807) is 6.07 Å². The Morgan fingerprint density at radius 2 is 1.50 bits per heavy atom. The third-order valence-corrected chi connectivity index (χ3v) is 5.75. The van der Waals surface area contributed by atoms with Crippen LogP contribution in [-0.2, 0) is 10.8 Å². The summed E-state index contributed by atoms with van der Waals surface area (Å²) in [6.07, 6.45) is 2.26. The van der Waals surface area contributed by atoms with Crippen LogP contribution in [0.4, 0.5) is 4.39 Å². The van der Waals surface area contributed by atoms with Crippen LogP contribution in [0.1, 0.15) is 73.1 Å². The second-order valence-electron chi connectivity index (χ2n) is 8.51. The van der Waals surface area contributed by atoms with Crippen molar-refractivity contribution in [3.63, 3.8) is 0 Å². The second-order valence-corrected chi connectivity index (χ2v) is 8.51. The molecule has 3 rings (SSSR count). The average molecular weight is 352 g/mol. The molecule has 0 aliphatic heterocycles. The molecule has 3 heteroatoms. The minimum Gasteiger partial charge on any atom is -0.478 e. The first-order valence-electron chi connectivity index (χ1n) is 8.90. The van der Waals surface area contributed by atoms with Gasteiger partial charge in [-0.15, -0.1) is 0 Å². The van der Waals surface area contributed by atoms with E-state index in [0.29, 0.717) is 11.1 Å². The molecule has 0 saturated carbocycles. The van der Waals surface area contributed by atoms with Gasteiger partial charge in [0.25, 0.3) is 0 Å². The largest absolute Gasteiger partial charge is 0.478 e. The monoisotopic (exact) mass is 352 g/mol. The summed E-state index contributed by atoms with van der Waals surface area (Å²) in [5.74, 6) is -2.01. The number of hydrogen-bond donors (Lipinski definition) is 1. The molecule has 2 nitrogen and oxygen atoms in total. The molecule has 2 aromatic rings. The second kappa shape index (κ2) is 6.08. The predicted octanol–water partition coefficient (Wildman–Crippen LogP) is 5.93. The van der Waals surface area contributed by atoms with Crippen molar-refractivity contribution in [2.75, 3.05) is 0 Å². The Labute approximate surface area is 154 Å². The van der Waals surface area contributed by atoms with Gasteiger partial charge in [0.2, 0.25) is 0 Å². The molecule has 0 spiro atoms. The van der Waals surface area contributed by atoms with Crippen molar-refractivity contribution < 1.29 is 14.3 Å². The lowest BCUT2D eigenvalue weighted by atomic mass is 9.63. The van der Waals surface area contributed by atoms with Gasteiger partial charge in [0.1, 0.15) is 5.82 Å². The van der Waals surface area contributed by atoms with Crippen LogP contribution in [0, 0.1) is 5.82 Å². The Balaban J connectivity index is 2.04. The molecule has 0 saturated heterocycles. The number of hydrogen-bond acceptors (Lipinski definition) is 1. The van der Waals surface area contributed by atoms with E-state index in [0.717, 1.165) is 18.4 Å². The van der Waals surface area contributed by atoms with E-state index < -0.39 is 11.8 Å². The molecule has 0 bridgehead atoms. The maximum absolute atomic E-state index is 14.1. The summed E-state index contributed by atoms with van der Waals surface area (Å²) in [7, 11) is 0. The highest BCUT2D eigenvalue weighted by atomic mass is 19.1. The van der Waals surface area contributed by atoms with Gasteiger partial charge in [-0.05, 0) is 63.6 Å². The van der Waals surface area contributed by atoms with E-state index in [-0.39, 0.29) is 16.4 Å². The first-order valence-corrected chi connectivity index (χ1v) is 8.90. The highest BCUT2D eigenvalue weighted by Crippen LogP contribution is 2.46. The Morgan fingerprint density at radius 3 is 2.08 bits per heavy atom. The van der Waals surface area contributed by atoms with Crippen LogP contribution in [0.2, 0.25) is 0 Å². The number of carbonyl (C=O) groups is 1. The van der Waals surface area contributed by atoms with E-state index in [1.807, 2.05) is 6.07 Å². The number of carboxylic acid groups (broad SMARTS) is 1. The van der Waals surface area contributed by atoms with Crippen LogP contribution in [0.5, 0.6) is 0 Å². The van der Waals surface area contributed by atoms with Gasteiger partial charge in [-0.25, -0.2) is 9.18 Å². The fourth-order valence-electron chi connectivity index (χ4n) is 3.82. The lowest BCUT2D eigenvalue weighted by Crippen LogP contribution is -2.33. The molecule has 0 aromatic heterocycles. The summed E-state index contributed by atoms with van der Waals surface area (Å²) in [6.45, 7) is 13.2. The summed E-state index contributed by atoms with van der Waals surface area (Å²) in [4.78, 5) is 11.0. The van der Waals surface area contributed by atoms with Crippen LogP contribution in [-0.4, -0.2) is 11.1 Å². The van der Waals surface area contributed by atoms with Gasteiger partial charge in [-0.3, -0.25) is 0 Å². The van der Waals surface area contributed by atoms with Crippen molar-refractivity contribution in [2.45, 2.75) is 51.4 Å². The number of halogens is 1. The molecule has 1 N–H and O–H groups in total. The van der Waals surface area contributed by atoms with Gasteiger partial charge in [0.15, 0.2) is 0 Å². The number of rotatable bonds is 3. The molecular weight excluding hydrogens is 327 g/mol. The minimum atomic E-state index is -1.27. The van der Waals surface area contributed by atoms with Gasteiger partial charge >= 0.3 is 5.97 Å². The SMILES string of the molecule is C=C(c1ccc(C(=O)O)c(F)c1)c1ccc2c(c1)C(C)(C)CCC2(C)C. The molecule has 0 amide bonds. The van der Waals surface area contributed by atoms with Gasteiger partial charge < -0.3 is 5.11 Å². The molecule has 2 aromatic carbocycles. The zero-order valence-corrected chi connectivity index (χ0v) is 15.8. The summed E-state index contributed by atoms with van der Waals surface area (Å²) < 4.78 is 14.1. The van der Waals surface area contributed by atoms with Crippen molar-refractivity contribution >= 4 is 11.5 Å². The summed E-state index contributed by atoms with van der Waals surface area (Å²) in [6, 6.07) is 10.5. The van der Waals surface area contributed by atoms with Crippen molar-refractivity contribution in [2.24, 2.45) is 0 Å². The Bertz CT molecular complexity index is 906. The lowest BCUT2D eigenvalue weighted by molar-refractivity contribution is 0.0692. The highest BCUT2D eigenvalue weighted by Gasteiger charge is 2.37. The maximum atomic E-state index is 14.1. The molecule has 136 valence electrons. The molecule has 0 radical (unpaired) electrons. The first kappa shape index (κ1) is 18.4. The molecule has 1 aliphatic rings. The van der Waals surface area contributed by atoms with Crippen LogP contribution in [0.15, 0.2) is 43.0 Å². The van der Waals surface area contributed by atoms with Crippen LogP contribution >= 0.6 is 0 Å². The third kappa shape index (κ3) is 3.07.